The Morgan fingerprint density at radius 2 is 1.85 bits per heavy atom. The summed E-state index contributed by atoms with van der Waals surface area (Å²) in [6.07, 6.45) is 0. The zero-order chi connectivity index (χ0) is 15.0. The van der Waals surface area contributed by atoms with Crippen LogP contribution in [0, 0.1) is 0 Å². The summed E-state index contributed by atoms with van der Waals surface area (Å²) in [5.74, 6) is 0.280. The summed E-state index contributed by atoms with van der Waals surface area (Å²) >= 11 is 11.6. The third-order valence-electron chi connectivity index (χ3n) is 2.14. The highest BCUT2D eigenvalue weighted by molar-refractivity contribution is 6.35. The van der Waals surface area contributed by atoms with Gasteiger partial charge in [-0.2, -0.15) is 0 Å². The summed E-state index contributed by atoms with van der Waals surface area (Å²) < 4.78 is 5.27. The third-order valence-corrected chi connectivity index (χ3v) is 2.67. The predicted molar refractivity (Wildman–Crippen MR) is 77.2 cm³/mol. The molecule has 0 aliphatic rings. The molecule has 1 rings (SSSR count). The van der Waals surface area contributed by atoms with Crippen LogP contribution in [-0.2, 0) is 4.79 Å². The summed E-state index contributed by atoms with van der Waals surface area (Å²) in [7, 11) is 0. The lowest BCUT2D eigenvalue weighted by Crippen LogP contribution is -2.41. The van der Waals surface area contributed by atoms with Gasteiger partial charge in [0.2, 0.25) is 5.91 Å². The van der Waals surface area contributed by atoms with E-state index >= 15 is 0 Å². The molecule has 0 bridgehead atoms. The quantitative estimate of drug-likeness (QED) is 0.552. The minimum atomic E-state index is -0.402. The van der Waals surface area contributed by atoms with Crippen LogP contribution in [0.5, 0.6) is 5.75 Å². The van der Waals surface area contributed by atoms with E-state index in [4.69, 9.17) is 27.9 Å². The molecule has 6 nitrogen and oxygen atoms in total. The first-order chi connectivity index (χ1) is 9.49. The molecule has 3 amide bonds. The lowest BCUT2D eigenvalue weighted by molar-refractivity contribution is -0.118. The molecule has 0 saturated heterocycles. The van der Waals surface area contributed by atoms with Crippen molar-refractivity contribution in [3.8, 4) is 5.75 Å². The van der Waals surface area contributed by atoms with Crippen molar-refractivity contribution in [2.75, 3.05) is 19.8 Å². The molecule has 8 heteroatoms. The van der Waals surface area contributed by atoms with Crippen LogP contribution in [0.1, 0.15) is 6.92 Å². The predicted octanol–water partition coefficient (Wildman–Crippen LogP) is 1.76. The first kappa shape index (κ1) is 16.4. The molecule has 0 spiro atoms. The summed E-state index contributed by atoms with van der Waals surface area (Å²) in [6, 6.07) is 4.39. The highest BCUT2D eigenvalue weighted by Gasteiger charge is 2.03. The average Bonchev–Trinajstić information content (AvgIpc) is 2.37. The number of hydrogen-bond donors (Lipinski definition) is 3. The van der Waals surface area contributed by atoms with Crippen molar-refractivity contribution in [3.05, 3.63) is 28.2 Å². The Morgan fingerprint density at radius 1 is 1.15 bits per heavy atom. The van der Waals surface area contributed by atoms with Crippen molar-refractivity contribution in [2.24, 2.45) is 0 Å². The van der Waals surface area contributed by atoms with Crippen molar-refractivity contribution >= 4 is 35.1 Å². The van der Waals surface area contributed by atoms with Crippen LogP contribution in [0.4, 0.5) is 4.79 Å². The lowest BCUT2D eigenvalue weighted by atomic mass is 10.3. The van der Waals surface area contributed by atoms with Crippen LogP contribution in [0.2, 0.25) is 10.0 Å². The van der Waals surface area contributed by atoms with Crippen LogP contribution >= 0.6 is 23.2 Å². The molecule has 0 heterocycles. The van der Waals surface area contributed by atoms with Crippen molar-refractivity contribution < 1.29 is 14.3 Å². The fourth-order valence-electron chi connectivity index (χ4n) is 1.25. The number of nitrogens with one attached hydrogen (secondary N) is 3. The number of amides is 3. The van der Waals surface area contributed by atoms with E-state index in [1.165, 1.54) is 6.92 Å². The summed E-state index contributed by atoms with van der Waals surface area (Å²) in [6.45, 7) is 2.07. The van der Waals surface area contributed by atoms with Crippen molar-refractivity contribution in [3.63, 3.8) is 0 Å². The highest BCUT2D eigenvalue weighted by atomic mass is 35.5. The van der Waals surface area contributed by atoms with Crippen LogP contribution in [0.25, 0.3) is 0 Å². The van der Waals surface area contributed by atoms with Crippen molar-refractivity contribution in [1.82, 2.24) is 16.0 Å². The Kier molecular flexibility index (Phi) is 6.97. The maximum atomic E-state index is 11.3. The largest absolute Gasteiger partial charge is 0.472 e. The zero-order valence-electron chi connectivity index (χ0n) is 10.8. The first-order valence-corrected chi connectivity index (χ1v) is 6.58. The molecule has 0 radical (unpaired) electrons. The van der Waals surface area contributed by atoms with Gasteiger partial charge >= 0.3 is 6.03 Å². The average molecular weight is 320 g/mol. The number of carbonyl (C=O) groups excluding carboxylic acids is 2. The topological polar surface area (TPSA) is 79.5 Å². The molecule has 0 saturated carbocycles. The molecule has 110 valence electrons. The van der Waals surface area contributed by atoms with E-state index in [0.29, 0.717) is 28.9 Å². The molecule has 1 aromatic rings. The second kappa shape index (κ2) is 8.50. The van der Waals surface area contributed by atoms with Crippen LogP contribution in [-0.4, -0.2) is 31.8 Å². The van der Waals surface area contributed by atoms with E-state index in [1.54, 1.807) is 18.2 Å². The normalized spacial score (nSPS) is 9.75. The molecule has 0 atom stereocenters. The Labute approximate surface area is 126 Å². The Hall–Kier alpha value is -1.66. The third kappa shape index (κ3) is 6.49. The molecule has 0 aliphatic heterocycles. The van der Waals surface area contributed by atoms with Crippen LogP contribution in [0.3, 0.4) is 0 Å². The van der Waals surface area contributed by atoms with Gasteiger partial charge in [0.05, 0.1) is 5.02 Å². The molecule has 0 aliphatic carbocycles. The maximum Gasteiger partial charge on any atom is 0.317 e. The number of hydrogen-bond acceptors (Lipinski definition) is 3. The second-order valence-electron chi connectivity index (χ2n) is 3.78. The van der Waals surface area contributed by atoms with Gasteiger partial charge in [0.15, 0.2) is 6.73 Å². The SMILES string of the molecule is CC(=O)NCCNC(=O)NCOc1ccc(Cl)cc1Cl. The Balaban J connectivity index is 2.20. The van der Waals surface area contributed by atoms with Gasteiger partial charge < -0.3 is 20.7 Å². The van der Waals surface area contributed by atoms with Crippen molar-refractivity contribution in [2.45, 2.75) is 6.92 Å². The van der Waals surface area contributed by atoms with E-state index in [2.05, 4.69) is 16.0 Å². The van der Waals surface area contributed by atoms with Gasteiger partial charge in [-0.3, -0.25) is 4.79 Å². The molecular formula is C12H15Cl2N3O3. The molecule has 0 unspecified atom stereocenters. The number of benzene rings is 1. The van der Waals surface area contributed by atoms with Gasteiger partial charge in [-0.05, 0) is 18.2 Å². The number of urea groups is 1. The summed E-state index contributed by atoms with van der Waals surface area (Å²) in [4.78, 5) is 21.9. The Bertz CT molecular complexity index is 483. The van der Waals surface area contributed by atoms with Gasteiger partial charge in [-0.15, -0.1) is 0 Å². The van der Waals surface area contributed by atoms with Gasteiger partial charge in [0.25, 0.3) is 0 Å². The molecule has 20 heavy (non-hydrogen) atoms. The van der Waals surface area contributed by atoms with Gasteiger partial charge in [0, 0.05) is 25.0 Å². The van der Waals surface area contributed by atoms with Crippen LogP contribution in [0.15, 0.2) is 18.2 Å². The van der Waals surface area contributed by atoms with E-state index in [1.807, 2.05) is 0 Å². The van der Waals surface area contributed by atoms with Crippen molar-refractivity contribution in [1.29, 1.82) is 0 Å². The summed E-state index contributed by atoms with van der Waals surface area (Å²) in [5.41, 5.74) is 0. The minimum absolute atomic E-state index is 0.0344. The van der Waals surface area contributed by atoms with Gasteiger partial charge in [-0.1, -0.05) is 23.2 Å². The summed E-state index contributed by atoms with van der Waals surface area (Å²) in [5, 5.41) is 8.46. The zero-order valence-corrected chi connectivity index (χ0v) is 12.3. The second-order valence-corrected chi connectivity index (χ2v) is 4.62. The molecular weight excluding hydrogens is 305 g/mol. The minimum Gasteiger partial charge on any atom is -0.472 e. The number of carbonyl (C=O) groups is 2. The number of halogens is 2. The van der Waals surface area contributed by atoms with Gasteiger partial charge in [0.1, 0.15) is 5.75 Å². The monoisotopic (exact) mass is 319 g/mol. The Morgan fingerprint density at radius 3 is 2.50 bits per heavy atom. The molecule has 1 aromatic carbocycles. The van der Waals surface area contributed by atoms with E-state index < -0.39 is 6.03 Å². The van der Waals surface area contributed by atoms with Gasteiger partial charge in [-0.25, -0.2) is 4.79 Å². The van der Waals surface area contributed by atoms with Crippen LogP contribution < -0.4 is 20.7 Å². The van der Waals surface area contributed by atoms with E-state index in [0.717, 1.165) is 0 Å². The fraction of sp³-hybridized carbons (Fsp3) is 0.333. The smallest absolute Gasteiger partial charge is 0.317 e. The molecule has 0 aromatic heterocycles. The highest BCUT2D eigenvalue weighted by Crippen LogP contribution is 2.27. The fourth-order valence-corrected chi connectivity index (χ4v) is 1.71. The van der Waals surface area contributed by atoms with E-state index in [-0.39, 0.29) is 12.6 Å². The lowest BCUT2D eigenvalue weighted by Gasteiger charge is -2.10. The number of rotatable bonds is 6. The molecule has 3 N–H and O–H groups in total. The maximum absolute atomic E-state index is 11.3. The molecule has 0 fully saturated rings. The standard InChI is InChI=1S/C12H15Cl2N3O3/c1-8(18)15-4-5-16-12(19)17-7-20-11-3-2-9(13)6-10(11)14/h2-3,6H,4-5,7H2,1H3,(H,15,18)(H2,16,17,19). The van der Waals surface area contributed by atoms with E-state index in [9.17, 15) is 9.59 Å². The number of ether oxygens (including phenoxy) is 1. The first-order valence-electron chi connectivity index (χ1n) is 5.83.